The quantitative estimate of drug-likeness (QED) is 0.657. The number of thiophene rings is 1. The maximum absolute atomic E-state index is 12.4. The van der Waals surface area contributed by atoms with Gasteiger partial charge in [-0.25, -0.2) is 9.59 Å². The molecule has 0 aliphatic carbocycles. The molecule has 0 fully saturated rings. The minimum atomic E-state index is -1.23. The summed E-state index contributed by atoms with van der Waals surface area (Å²) >= 11 is 7.19. The van der Waals surface area contributed by atoms with Crippen LogP contribution < -0.4 is 16.0 Å². The summed E-state index contributed by atoms with van der Waals surface area (Å²) in [5.41, 5.74) is 0.161. The van der Waals surface area contributed by atoms with Crippen LogP contribution >= 0.6 is 22.9 Å². The zero-order chi connectivity index (χ0) is 20.0. The van der Waals surface area contributed by atoms with Gasteiger partial charge in [-0.15, -0.1) is 11.3 Å². The Kier molecular flexibility index (Phi) is 6.91. The Bertz CT molecular complexity index is 869. The van der Waals surface area contributed by atoms with Crippen molar-refractivity contribution in [1.29, 1.82) is 0 Å². The predicted octanol–water partition coefficient (Wildman–Crippen LogP) is 2.65. The number of carbonyl (C=O) groups excluding carboxylic acids is 4. The summed E-state index contributed by atoms with van der Waals surface area (Å²) in [5.74, 6) is -2.06. The molecule has 8 nitrogen and oxygen atoms in total. The third-order valence-electron chi connectivity index (χ3n) is 3.31. The first-order valence-corrected chi connectivity index (χ1v) is 8.95. The molecule has 1 aromatic heterocycles. The van der Waals surface area contributed by atoms with E-state index in [1.54, 1.807) is 17.5 Å². The van der Waals surface area contributed by atoms with Gasteiger partial charge in [-0.3, -0.25) is 14.9 Å². The second kappa shape index (κ2) is 9.15. The molecular weight excluding hydrogens is 394 g/mol. The first kappa shape index (κ1) is 20.4. The van der Waals surface area contributed by atoms with Gasteiger partial charge in [0.15, 0.2) is 6.10 Å². The monoisotopic (exact) mass is 409 g/mol. The summed E-state index contributed by atoms with van der Waals surface area (Å²) in [6.07, 6.45) is -1.23. The molecule has 142 valence electrons. The van der Waals surface area contributed by atoms with Gasteiger partial charge in [0, 0.05) is 12.1 Å². The topological polar surface area (TPSA) is 114 Å². The molecule has 0 bridgehead atoms. The highest BCUT2D eigenvalue weighted by Gasteiger charge is 2.23. The standard InChI is InChI=1S/C17H16ClN3O5S/c1-9(14(22)21-17(25)19-2)26-16(24)11-6-5-10(18)8-12(11)20-15(23)13-4-3-7-27-13/h3-9H,1-2H3,(H,20,23)(H2,19,21,22,25)/t9-/m1/s1. The molecule has 1 aromatic carbocycles. The SMILES string of the molecule is CNC(=O)NC(=O)[C@@H](C)OC(=O)c1ccc(Cl)cc1NC(=O)c1cccs1. The molecule has 1 heterocycles. The third-order valence-corrected chi connectivity index (χ3v) is 4.42. The van der Waals surface area contributed by atoms with E-state index >= 15 is 0 Å². The van der Waals surface area contributed by atoms with Crippen LogP contribution in [0.25, 0.3) is 0 Å². The van der Waals surface area contributed by atoms with Gasteiger partial charge in [-0.1, -0.05) is 17.7 Å². The van der Waals surface area contributed by atoms with Crippen LogP contribution in [0.4, 0.5) is 10.5 Å². The molecule has 0 saturated carbocycles. The van der Waals surface area contributed by atoms with Gasteiger partial charge in [0.25, 0.3) is 11.8 Å². The number of benzene rings is 1. The van der Waals surface area contributed by atoms with Gasteiger partial charge in [0.2, 0.25) is 0 Å². The number of ether oxygens (including phenoxy) is 1. The Labute approximate surface area is 163 Å². The van der Waals surface area contributed by atoms with Crippen LogP contribution in [-0.2, 0) is 9.53 Å². The Morgan fingerprint density at radius 2 is 1.93 bits per heavy atom. The highest BCUT2D eigenvalue weighted by Crippen LogP contribution is 2.24. The van der Waals surface area contributed by atoms with E-state index in [4.69, 9.17) is 16.3 Å². The Hall–Kier alpha value is -2.91. The molecule has 0 unspecified atom stereocenters. The van der Waals surface area contributed by atoms with Crippen LogP contribution in [0.1, 0.15) is 27.0 Å². The molecule has 10 heteroatoms. The number of carbonyl (C=O) groups is 4. The number of hydrogen-bond donors (Lipinski definition) is 3. The van der Waals surface area contributed by atoms with Crippen molar-refractivity contribution in [3.05, 3.63) is 51.2 Å². The highest BCUT2D eigenvalue weighted by molar-refractivity contribution is 7.12. The Morgan fingerprint density at radius 1 is 1.19 bits per heavy atom. The number of imide groups is 1. The summed E-state index contributed by atoms with van der Waals surface area (Å²) < 4.78 is 5.07. The van der Waals surface area contributed by atoms with Crippen molar-refractivity contribution in [1.82, 2.24) is 10.6 Å². The molecule has 2 rings (SSSR count). The molecule has 0 aliphatic rings. The van der Waals surface area contributed by atoms with Crippen molar-refractivity contribution in [2.45, 2.75) is 13.0 Å². The first-order chi connectivity index (χ1) is 12.8. The highest BCUT2D eigenvalue weighted by atomic mass is 35.5. The van der Waals surface area contributed by atoms with Gasteiger partial charge in [-0.2, -0.15) is 0 Å². The van der Waals surface area contributed by atoms with Crippen LogP contribution in [-0.4, -0.2) is 37.0 Å². The molecular formula is C17H16ClN3O5S. The number of nitrogens with one attached hydrogen (secondary N) is 3. The van der Waals surface area contributed by atoms with Gasteiger partial charge < -0.3 is 15.4 Å². The van der Waals surface area contributed by atoms with Crippen molar-refractivity contribution in [2.24, 2.45) is 0 Å². The van der Waals surface area contributed by atoms with Crippen LogP contribution in [0.5, 0.6) is 0 Å². The van der Waals surface area contributed by atoms with Gasteiger partial charge in [0.05, 0.1) is 16.1 Å². The van der Waals surface area contributed by atoms with Crippen molar-refractivity contribution >= 4 is 52.4 Å². The third kappa shape index (κ3) is 5.53. The van der Waals surface area contributed by atoms with Crippen molar-refractivity contribution < 1.29 is 23.9 Å². The molecule has 0 aliphatic heterocycles. The van der Waals surface area contributed by atoms with E-state index in [1.807, 2.05) is 5.32 Å². The molecule has 0 saturated heterocycles. The van der Waals surface area contributed by atoms with Crippen molar-refractivity contribution in [3.8, 4) is 0 Å². The van der Waals surface area contributed by atoms with Crippen molar-refractivity contribution in [2.75, 3.05) is 12.4 Å². The van der Waals surface area contributed by atoms with Gasteiger partial charge in [0.1, 0.15) is 0 Å². The number of rotatable bonds is 5. The molecule has 0 radical (unpaired) electrons. The number of anilines is 1. The maximum Gasteiger partial charge on any atom is 0.341 e. The van der Waals surface area contributed by atoms with Gasteiger partial charge >= 0.3 is 12.0 Å². The lowest BCUT2D eigenvalue weighted by Crippen LogP contribution is -2.43. The second-order valence-corrected chi connectivity index (χ2v) is 6.62. The lowest BCUT2D eigenvalue weighted by atomic mass is 10.1. The molecule has 4 amide bonds. The number of esters is 1. The summed E-state index contributed by atoms with van der Waals surface area (Å²) in [7, 11) is 1.34. The minimum absolute atomic E-state index is 0.0175. The normalized spacial score (nSPS) is 11.2. The molecule has 1 atom stereocenters. The Balaban J connectivity index is 2.15. The fourth-order valence-electron chi connectivity index (χ4n) is 1.94. The average molecular weight is 410 g/mol. The van der Waals surface area contributed by atoms with E-state index in [-0.39, 0.29) is 11.3 Å². The summed E-state index contributed by atoms with van der Waals surface area (Å²) in [4.78, 5) is 48.1. The molecule has 3 N–H and O–H groups in total. The van der Waals surface area contributed by atoms with Gasteiger partial charge in [-0.05, 0) is 36.6 Å². The number of urea groups is 1. The van der Waals surface area contributed by atoms with E-state index < -0.39 is 29.9 Å². The first-order valence-electron chi connectivity index (χ1n) is 7.69. The predicted molar refractivity (Wildman–Crippen MR) is 101 cm³/mol. The lowest BCUT2D eigenvalue weighted by molar-refractivity contribution is -0.127. The van der Waals surface area contributed by atoms with Crippen LogP contribution in [0.2, 0.25) is 5.02 Å². The lowest BCUT2D eigenvalue weighted by Gasteiger charge is -2.15. The van der Waals surface area contributed by atoms with Crippen LogP contribution in [0.3, 0.4) is 0 Å². The van der Waals surface area contributed by atoms with E-state index in [0.29, 0.717) is 9.90 Å². The zero-order valence-corrected chi connectivity index (χ0v) is 15.9. The molecule has 27 heavy (non-hydrogen) atoms. The average Bonchev–Trinajstić information content (AvgIpc) is 3.16. The maximum atomic E-state index is 12.4. The summed E-state index contributed by atoms with van der Waals surface area (Å²) in [6, 6.07) is 6.86. The molecule has 2 aromatic rings. The smallest absolute Gasteiger partial charge is 0.341 e. The summed E-state index contributed by atoms with van der Waals surface area (Å²) in [6.45, 7) is 1.32. The zero-order valence-electron chi connectivity index (χ0n) is 14.4. The van der Waals surface area contributed by atoms with E-state index in [9.17, 15) is 19.2 Å². The minimum Gasteiger partial charge on any atom is -0.449 e. The number of amides is 4. The second-order valence-electron chi connectivity index (χ2n) is 5.24. The molecule has 0 spiro atoms. The number of halogens is 1. The van der Waals surface area contributed by atoms with E-state index in [2.05, 4.69) is 10.6 Å². The fraction of sp³-hybridized carbons (Fsp3) is 0.176. The van der Waals surface area contributed by atoms with Crippen molar-refractivity contribution in [3.63, 3.8) is 0 Å². The van der Waals surface area contributed by atoms with Crippen LogP contribution in [0, 0.1) is 0 Å². The summed E-state index contributed by atoms with van der Waals surface area (Å²) in [5, 5.41) is 8.87. The largest absolute Gasteiger partial charge is 0.449 e. The van der Waals surface area contributed by atoms with E-state index in [1.165, 1.54) is 43.5 Å². The fourth-order valence-corrected chi connectivity index (χ4v) is 2.73. The number of hydrogen-bond acceptors (Lipinski definition) is 6. The van der Waals surface area contributed by atoms with E-state index in [0.717, 1.165) is 0 Å². The van der Waals surface area contributed by atoms with Crippen LogP contribution in [0.15, 0.2) is 35.7 Å². The Morgan fingerprint density at radius 3 is 2.56 bits per heavy atom.